The topological polar surface area (TPSA) is 46.1 Å². The molecule has 0 aliphatic carbocycles. The molecule has 0 saturated carbocycles. The number of ether oxygens (including phenoxy) is 2. The van der Waals surface area contributed by atoms with Crippen molar-refractivity contribution in [3.8, 4) is 5.75 Å². The molecule has 0 aromatic heterocycles. The van der Waals surface area contributed by atoms with Crippen LogP contribution in [0.4, 0.5) is 0 Å². The van der Waals surface area contributed by atoms with E-state index >= 15 is 0 Å². The molecule has 1 aliphatic heterocycles. The molecule has 0 amide bonds. The number of piperidine rings is 1. The van der Waals surface area contributed by atoms with Gasteiger partial charge in [0.05, 0.1) is 13.2 Å². The molecule has 0 unspecified atom stereocenters. The summed E-state index contributed by atoms with van der Waals surface area (Å²) < 4.78 is 11.1. The maximum atomic E-state index is 5.71. The zero-order valence-electron chi connectivity index (χ0n) is 15.2. The van der Waals surface area contributed by atoms with E-state index < -0.39 is 0 Å². The zero-order chi connectivity index (χ0) is 16.7. The van der Waals surface area contributed by atoms with Crippen LogP contribution >= 0.6 is 24.0 Å². The van der Waals surface area contributed by atoms with Gasteiger partial charge < -0.3 is 19.7 Å². The lowest BCUT2D eigenvalue weighted by molar-refractivity contribution is 0.0263. The minimum atomic E-state index is 0. The van der Waals surface area contributed by atoms with Gasteiger partial charge in [0.25, 0.3) is 0 Å². The van der Waals surface area contributed by atoms with Gasteiger partial charge in [-0.1, -0.05) is 12.1 Å². The van der Waals surface area contributed by atoms with E-state index in [1.165, 1.54) is 5.56 Å². The lowest BCUT2D eigenvalue weighted by Crippen LogP contribution is -2.46. The van der Waals surface area contributed by atoms with Crippen LogP contribution in [-0.4, -0.2) is 50.8 Å². The Balaban J connectivity index is 0.00000288. The number of guanidine groups is 1. The van der Waals surface area contributed by atoms with E-state index in [0.717, 1.165) is 56.4 Å². The van der Waals surface area contributed by atoms with Gasteiger partial charge in [-0.3, -0.25) is 4.99 Å². The molecule has 1 fully saturated rings. The molecular weight excluding hydrogens is 417 g/mol. The molecule has 2 rings (SSSR count). The molecule has 0 atom stereocenters. The van der Waals surface area contributed by atoms with Crippen molar-refractivity contribution in [1.82, 2.24) is 10.2 Å². The first-order chi connectivity index (χ1) is 11.2. The molecule has 6 heteroatoms. The van der Waals surface area contributed by atoms with Crippen molar-refractivity contribution >= 4 is 29.9 Å². The fourth-order valence-corrected chi connectivity index (χ4v) is 2.96. The highest BCUT2D eigenvalue weighted by Crippen LogP contribution is 2.19. The molecule has 0 bridgehead atoms. The third-order valence-electron chi connectivity index (χ3n) is 4.28. The van der Waals surface area contributed by atoms with E-state index in [9.17, 15) is 0 Å². The Morgan fingerprint density at radius 3 is 2.62 bits per heavy atom. The molecule has 1 aliphatic rings. The van der Waals surface area contributed by atoms with Crippen molar-refractivity contribution < 1.29 is 9.47 Å². The summed E-state index contributed by atoms with van der Waals surface area (Å²) in [5.41, 5.74) is 2.34. The maximum absolute atomic E-state index is 5.71. The summed E-state index contributed by atoms with van der Waals surface area (Å²) in [6.07, 6.45) is 2.52. The molecule has 0 radical (unpaired) electrons. The molecule has 1 N–H and O–H groups in total. The molecule has 1 heterocycles. The molecule has 0 spiro atoms. The van der Waals surface area contributed by atoms with Gasteiger partial charge in [-0.2, -0.15) is 0 Å². The summed E-state index contributed by atoms with van der Waals surface area (Å²) in [5, 5.41) is 3.45. The first kappa shape index (κ1) is 21.0. The van der Waals surface area contributed by atoms with E-state index in [-0.39, 0.29) is 24.0 Å². The molecule has 136 valence electrons. The second-order valence-electron chi connectivity index (χ2n) is 5.85. The number of nitrogens with zero attached hydrogens (tertiary/aromatic N) is 2. The van der Waals surface area contributed by atoms with Gasteiger partial charge in [0, 0.05) is 33.3 Å². The van der Waals surface area contributed by atoms with Gasteiger partial charge in [-0.15, -0.1) is 24.0 Å². The monoisotopic (exact) mass is 447 g/mol. The number of methoxy groups -OCH3 is 1. The average Bonchev–Trinajstić information content (AvgIpc) is 2.58. The summed E-state index contributed by atoms with van der Waals surface area (Å²) in [6, 6.07) is 6.29. The van der Waals surface area contributed by atoms with Gasteiger partial charge in [0.15, 0.2) is 5.96 Å². The normalized spacial score (nSPS) is 15.8. The Morgan fingerprint density at radius 2 is 2.04 bits per heavy atom. The van der Waals surface area contributed by atoms with Gasteiger partial charge >= 0.3 is 0 Å². The number of halogens is 1. The predicted molar refractivity (Wildman–Crippen MR) is 110 cm³/mol. The number of hydrogen-bond acceptors (Lipinski definition) is 3. The minimum absolute atomic E-state index is 0. The van der Waals surface area contributed by atoms with Gasteiger partial charge in [0.1, 0.15) is 5.75 Å². The Hall–Kier alpha value is -1.02. The van der Waals surface area contributed by atoms with Crippen LogP contribution in [0.15, 0.2) is 23.2 Å². The van der Waals surface area contributed by atoms with E-state index in [1.807, 2.05) is 7.05 Å². The molecule has 1 aromatic rings. The Morgan fingerprint density at radius 1 is 1.33 bits per heavy atom. The second-order valence-corrected chi connectivity index (χ2v) is 5.85. The second kappa shape index (κ2) is 10.8. The SMILES string of the molecule is CCOC1CCN(C(=NC)NCc2ccc(C)c(OC)c2)CC1.I. The predicted octanol–water partition coefficient (Wildman–Crippen LogP) is 3.20. The number of aliphatic imine (C=N–C) groups is 1. The van der Waals surface area contributed by atoms with Crippen molar-refractivity contribution in [2.45, 2.75) is 39.3 Å². The Bertz CT molecular complexity index is 529. The van der Waals surface area contributed by atoms with Gasteiger partial charge in [-0.05, 0) is 43.9 Å². The van der Waals surface area contributed by atoms with Crippen LogP contribution < -0.4 is 10.1 Å². The summed E-state index contributed by atoms with van der Waals surface area (Å²) in [6.45, 7) is 7.63. The summed E-state index contributed by atoms with van der Waals surface area (Å²) >= 11 is 0. The Labute approximate surface area is 162 Å². The molecule has 5 nitrogen and oxygen atoms in total. The zero-order valence-corrected chi connectivity index (χ0v) is 17.5. The van der Waals surface area contributed by atoms with Crippen molar-refractivity contribution in [2.75, 3.05) is 33.9 Å². The van der Waals surface area contributed by atoms with Crippen LogP contribution in [0.3, 0.4) is 0 Å². The lowest BCUT2D eigenvalue weighted by Gasteiger charge is -2.34. The molecule has 24 heavy (non-hydrogen) atoms. The van der Waals surface area contributed by atoms with Gasteiger partial charge in [0.2, 0.25) is 0 Å². The third kappa shape index (κ3) is 5.81. The van der Waals surface area contributed by atoms with Crippen molar-refractivity contribution in [3.05, 3.63) is 29.3 Å². The summed E-state index contributed by atoms with van der Waals surface area (Å²) in [5.74, 6) is 1.89. The maximum Gasteiger partial charge on any atom is 0.193 e. The molecular formula is C18H30IN3O2. The highest BCUT2D eigenvalue weighted by atomic mass is 127. The molecule has 1 saturated heterocycles. The van der Waals surface area contributed by atoms with Crippen molar-refractivity contribution in [1.29, 1.82) is 0 Å². The highest BCUT2D eigenvalue weighted by molar-refractivity contribution is 14.0. The van der Waals surface area contributed by atoms with E-state index in [4.69, 9.17) is 9.47 Å². The van der Waals surface area contributed by atoms with Crippen LogP contribution in [0.1, 0.15) is 30.9 Å². The van der Waals surface area contributed by atoms with Crippen LogP contribution in [0, 0.1) is 6.92 Å². The number of likely N-dealkylation sites (tertiary alicyclic amines) is 1. The fourth-order valence-electron chi connectivity index (χ4n) is 2.96. The number of benzene rings is 1. The van der Waals surface area contributed by atoms with Crippen LogP contribution in [0.5, 0.6) is 5.75 Å². The highest BCUT2D eigenvalue weighted by Gasteiger charge is 2.21. The van der Waals surface area contributed by atoms with E-state index in [0.29, 0.717) is 6.10 Å². The first-order valence-corrected chi connectivity index (χ1v) is 8.38. The minimum Gasteiger partial charge on any atom is -0.496 e. The third-order valence-corrected chi connectivity index (χ3v) is 4.28. The van der Waals surface area contributed by atoms with Crippen LogP contribution in [-0.2, 0) is 11.3 Å². The van der Waals surface area contributed by atoms with E-state index in [2.05, 4.69) is 47.3 Å². The summed E-state index contributed by atoms with van der Waals surface area (Å²) in [4.78, 5) is 6.72. The standard InChI is InChI=1S/C18H29N3O2.HI/c1-5-23-16-8-10-21(11-9-16)18(19-3)20-13-15-7-6-14(2)17(12-15)22-4;/h6-7,12,16H,5,8-11,13H2,1-4H3,(H,19,20);1H. The molecule has 1 aromatic carbocycles. The average molecular weight is 447 g/mol. The number of rotatable bonds is 5. The van der Waals surface area contributed by atoms with Crippen molar-refractivity contribution in [2.24, 2.45) is 4.99 Å². The number of nitrogens with one attached hydrogen (secondary N) is 1. The van der Waals surface area contributed by atoms with Crippen molar-refractivity contribution in [3.63, 3.8) is 0 Å². The number of aryl methyl sites for hydroxylation is 1. The van der Waals surface area contributed by atoms with Gasteiger partial charge in [-0.25, -0.2) is 0 Å². The van der Waals surface area contributed by atoms with E-state index in [1.54, 1.807) is 7.11 Å². The largest absolute Gasteiger partial charge is 0.496 e. The quantitative estimate of drug-likeness (QED) is 0.428. The summed E-state index contributed by atoms with van der Waals surface area (Å²) in [7, 11) is 3.55. The Kier molecular flexibility index (Phi) is 9.43. The van der Waals surface area contributed by atoms with Crippen LogP contribution in [0.2, 0.25) is 0 Å². The lowest BCUT2D eigenvalue weighted by atomic mass is 10.1. The van der Waals surface area contributed by atoms with Crippen LogP contribution in [0.25, 0.3) is 0 Å². The smallest absolute Gasteiger partial charge is 0.193 e. The first-order valence-electron chi connectivity index (χ1n) is 8.38. The number of hydrogen-bond donors (Lipinski definition) is 1. The fraction of sp³-hybridized carbons (Fsp3) is 0.611.